The molecule has 0 aliphatic carbocycles. The summed E-state index contributed by atoms with van der Waals surface area (Å²) < 4.78 is 24.4. The lowest BCUT2D eigenvalue weighted by Crippen LogP contribution is -2.40. The van der Waals surface area contributed by atoms with E-state index in [4.69, 9.17) is 5.11 Å². The Hall–Kier alpha value is -1.15. The highest BCUT2D eigenvalue weighted by Gasteiger charge is 2.14. The smallest absolute Gasteiger partial charge is 0.304 e. The van der Waals surface area contributed by atoms with Crippen LogP contribution in [-0.2, 0) is 19.6 Å². The highest BCUT2D eigenvalue weighted by molar-refractivity contribution is 7.89. The summed E-state index contributed by atoms with van der Waals surface area (Å²) in [6.45, 7) is 3.12. The van der Waals surface area contributed by atoms with Crippen molar-refractivity contribution in [2.45, 2.75) is 26.3 Å². The Bertz CT molecular complexity index is 349. The quantitative estimate of drug-likeness (QED) is 0.532. The first kappa shape index (κ1) is 14.8. The van der Waals surface area contributed by atoms with E-state index in [0.29, 0.717) is 0 Å². The highest BCUT2D eigenvalue weighted by Crippen LogP contribution is 1.89. The molecule has 0 aromatic rings. The predicted molar refractivity (Wildman–Crippen MR) is 57.3 cm³/mol. The zero-order valence-corrected chi connectivity index (χ0v) is 10.0. The molecule has 7 nitrogen and oxygen atoms in total. The van der Waals surface area contributed by atoms with Gasteiger partial charge in [-0.1, -0.05) is 0 Å². The molecule has 0 heterocycles. The Morgan fingerprint density at radius 3 is 2.31 bits per heavy atom. The monoisotopic (exact) mass is 252 g/mol. The number of carbonyl (C=O) groups is 2. The number of carboxylic acid groups (broad SMARTS) is 1. The second-order valence-electron chi connectivity index (χ2n) is 3.51. The number of aliphatic carboxylic acids is 1. The van der Waals surface area contributed by atoms with Crippen LogP contribution in [0.3, 0.4) is 0 Å². The normalized spacial score (nSPS) is 11.4. The van der Waals surface area contributed by atoms with Gasteiger partial charge in [0.05, 0.1) is 18.7 Å². The highest BCUT2D eigenvalue weighted by atomic mass is 32.2. The number of hydrogen-bond donors (Lipinski definition) is 3. The molecule has 0 aliphatic heterocycles. The van der Waals surface area contributed by atoms with E-state index < -0.39 is 34.1 Å². The van der Waals surface area contributed by atoms with E-state index in [1.807, 2.05) is 4.72 Å². The van der Waals surface area contributed by atoms with E-state index in [2.05, 4.69) is 5.32 Å². The van der Waals surface area contributed by atoms with Gasteiger partial charge in [-0.3, -0.25) is 9.59 Å². The summed E-state index contributed by atoms with van der Waals surface area (Å²) in [6.07, 6.45) is -0.485. The summed E-state index contributed by atoms with van der Waals surface area (Å²) in [7, 11) is -3.70. The van der Waals surface area contributed by atoms with Crippen LogP contribution in [0.25, 0.3) is 0 Å². The molecular weight excluding hydrogens is 236 g/mol. The Kier molecular flexibility index (Phi) is 5.97. The van der Waals surface area contributed by atoms with Crippen LogP contribution >= 0.6 is 0 Å². The Labute approximate surface area is 94.3 Å². The van der Waals surface area contributed by atoms with Crippen LogP contribution in [-0.4, -0.2) is 43.7 Å². The number of carbonyl (C=O) groups excluding carboxylic acids is 1. The molecule has 0 saturated carbocycles. The second kappa shape index (κ2) is 6.44. The van der Waals surface area contributed by atoms with Gasteiger partial charge in [0.2, 0.25) is 15.9 Å². The van der Waals surface area contributed by atoms with E-state index in [-0.39, 0.29) is 12.6 Å². The van der Waals surface area contributed by atoms with Crippen molar-refractivity contribution in [3.63, 3.8) is 0 Å². The van der Waals surface area contributed by atoms with Gasteiger partial charge in [0.1, 0.15) is 0 Å². The first-order chi connectivity index (χ1) is 7.23. The van der Waals surface area contributed by atoms with E-state index in [1.54, 1.807) is 13.8 Å². The fourth-order valence-electron chi connectivity index (χ4n) is 0.842. The minimum absolute atomic E-state index is 0.0731. The minimum Gasteiger partial charge on any atom is -0.481 e. The lowest BCUT2D eigenvalue weighted by Gasteiger charge is -2.09. The standard InChI is InChI=1S/C8H16N2O5S/c1-6(2)10-7(11)5-9-16(14,15)4-3-8(12)13/h6,9H,3-5H2,1-2H3,(H,10,11)(H,12,13). The molecule has 0 atom stereocenters. The molecule has 0 aromatic carbocycles. The number of carboxylic acids is 1. The Balaban J connectivity index is 3.99. The average molecular weight is 252 g/mol. The van der Waals surface area contributed by atoms with Crippen molar-refractivity contribution in [1.29, 1.82) is 0 Å². The average Bonchev–Trinajstić information content (AvgIpc) is 2.11. The molecule has 0 rings (SSSR count). The van der Waals surface area contributed by atoms with Crippen LogP contribution in [0.2, 0.25) is 0 Å². The molecular formula is C8H16N2O5S. The summed E-state index contributed by atoms with van der Waals surface area (Å²) in [4.78, 5) is 21.2. The van der Waals surface area contributed by atoms with Crippen LogP contribution in [0.4, 0.5) is 0 Å². The van der Waals surface area contributed by atoms with Crippen LogP contribution in [0.5, 0.6) is 0 Å². The maximum Gasteiger partial charge on any atom is 0.304 e. The number of hydrogen-bond acceptors (Lipinski definition) is 4. The van der Waals surface area contributed by atoms with Gasteiger partial charge >= 0.3 is 5.97 Å². The summed E-state index contributed by atoms with van der Waals surface area (Å²) in [5.41, 5.74) is 0. The van der Waals surface area contributed by atoms with Gasteiger partial charge in [-0.15, -0.1) is 0 Å². The molecule has 3 N–H and O–H groups in total. The first-order valence-electron chi connectivity index (χ1n) is 4.71. The molecule has 0 saturated heterocycles. The summed E-state index contributed by atoms with van der Waals surface area (Å²) in [5, 5.41) is 10.8. The van der Waals surface area contributed by atoms with E-state index >= 15 is 0 Å². The largest absolute Gasteiger partial charge is 0.481 e. The van der Waals surface area contributed by atoms with Gasteiger partial charge in [-0.2, -0.15) is 0 Å². The Morgan fingerprint density at radius 1 is 1.31 bits per heavy atom. The second-order valence-corrected chi connectivity index (χ2v) is 5.43. The third kappa shape index (κ3) is 8.18. The van der Waals surface area contributed by atoms with Gasteiger partial charge in [-0.05, 0) is 13.8 Å². The van der Waals surface area contributed by atoms with Gasteiger partial charge in [0.15, 0.2) is 0 Å². The zero-order valence-electron chi connectivity index (χ0n) is 9.19. The Morgan fingerprint density at radius 2 is 1.88 bits per heavy atom. The van der Waals surface area contributed by atoms with Crippen molar-refractivity contribution in [2.24, 2.45) is 0 Å². The lowest BCUT2D eigenvalue weighted by atomic mass is 10.4. The van der Waals surface area contributed by atoms with Gasteiger partial charge in [0.25, 0.3) is 0 Å². The molecule has 0 aromatic heterocycles. The predicted octanol–water partition coefficient (Wildman–Crippen LogP) is -1.09. The van der Waals surface area contributed by atoms with Crippen molar-refractivity contribution in [1.82, 2.24) is 10.0 Å². The maximum absolute atomic E-state index is 11.2. The van der Waals surface area contributed by atoms with Gasteiger partial charge in [-0.25, -0.2) is 13.1 Å². The minimum atomic E-state index is -3.70. The molecule has 8 heteroatoms. The molecule has 0 bridgehead atoms. The molecule has 0 radical (unpaired) electrons. The topological polar surface area (TPSA) is 113 Å². The van der Waals surface area contributed by atoms with Crippen LogP contribution in [0.1, 0.15) is 20.3 Å². The van der Waals surface area contributed by atoms with Crippen LogP contribution < -0.4 is 10.0 Å². The van der Waals surface area contributed by atoms with Crippen LogP contribution in [0, 0.1) is 0 Å². The summed E-state index contributed by atoms with van der Waals surface area (Å²) >= 11 is 0. The van der Waals surface area contributed by atoms with Crippen molar-refractivity contribution in [3.05, 3.63) is 0 Å². The fraction of sp³-hybridized carbons (Fsp3) is 0.750. The number of nitrogens with one attached hydrogen (secondary N) is 2. The van der Waals surface area contributed by atoms with E-state index in [9.17, 15) is 18.0 Å². The summed E-state index contributed by atoms with van der Waals surface area (Å²) in [6, 6.07) is -0.0731. The SMILES string of the molecule is CC(C)NC(=O)CNS(=O)(=O)CCC(=O)O. The molecule has 94 valence electrons. The first-order valence-corrected chi connectivity index (χ1v) is 6.36. The fourth-order valence-corrected chi connectivity index (χ4v) is 1.78. The number of rotatable bonds is 7. The van der Waals surface area contributed by atoms with Crippen molar-refractivity contribution in [2.75, 3.05) is 12.3 Å². The third-order valence-corrected chi connectivity index (χ3v) is 2.81. The van der Waals surface area contributed by atoms with Crippen molar-refractivity contribution in [3.8, 4) is 0 Å². The molecule has 0 fully saturated rings. The summed E-state index contributed by atoms with van der Waals surface area (Å²) in [5.74, 6) is -2.18. The zero-order chi connectivity index (χ0) is 12.8. The van der Waals surface area contributed by atoms with Gasteiger partial charge in [0, 0.05) is 6.04 Å². The van der Waals surface area contributed by atoms with E-state index in [0.717, 1.165) is 0 Å². The molecule has 16 heavy (non-hydrogen) atoms. The molecule has 0 spiro atoms. The lowest BCUT2D eigenvalue weighted by molar-refractivity contribution is -0.136. The number of amides is 1. The van der Waals surface area contributed by atoms with Crippen LogP contribution in [0.15, 0.2) is 0 Å². The molecule has 0 unspecified atom stereocenters. The van der Waals surface area contributed by atoms with Crippen molar-refractivity contribution < 1.29 is 23.1 Å². The van der Waals surface area contributed by atoms with E-state index in [1.165, 1.54) is 0 Å². The number of sulfonamides is 1. The van der Waals surface area contributed by atoms with Crippen molar-refractivity contribution >= 4 is 21.9 Å². The third-order valence-electron chi connectivity index (χ3n) is 1.49. The van der Waals surface area contributed by atoms with Gasteiger partial charge < -0.3 is 10.4 Å². The maximum atomic E-state index is 11.2. The molecule has 1 amide bonds. The molecule has 0 aliphatic rings.